The minimum atomic E-state index is -3.35. The third-order valence-corrected chi connectivity index (χ3v) is 7.03. The van der Waals surface area contributed by atoms with Gasteiger partial charge in [0.1, 0.15) is 5.82 Å². The molecule has 2 heterocycles. The average molecular weight is 338 g/mol. The Labute approximate surface area is 139 Å². The highest BCUT2D eigenvalue weighted by atomic mass is 32.2. The molecule has 0 atom stereocenters. The second-order valence-electron chi connectivity index (χ2n) is 6.39. The van der Waals surface area contributed by atoms with Crippen molar-refractivity contribution in [3.05, 3.63) is 24.4 Å². The largest absolute Gasteiger partial charge is 0.354 e. The molecule has 1 aliphatic carbocycles. The Morgan fingerprint density at radius 3 is 2.39 bits per heavy atom. The first-order chi connectivity index (χ1) is 11.1. The number of aromatic nitrogens is 1. The summed E-state index contributed by atoms with van der Waals surface area (Å²) in [5.74, 6) is 0.921. The smallest absolute Gasteiger partial charge is 0.282 e. The van der Waals surface area contributed by atoms with E-state index >= 15 is 0 Å². The molecule has 0 radical (unpaired) electrons. The first-order valence-electron chi connectivity index (χ1n) is 8.48. The van der Waals surface area contributed by atoms with Crippen LogP contribution in [0.1, 0.15) is 32.1 Å². The third kappa shape index (κ3) is 3.67. The Kier molecular flexibility index (Phi) is 5.18. The van der Waals surface area contributed by atoms with Gasteiger partial charge in [0.15, 0.2) is 0 Å². The zero-order valence-electron chi connectivity index (χ0n) is 13.8. The van der Waals surface area contributed by atoms with E-state index in [9.17, 15) is 8.42 Å². The van der Waals surface area contributed by atoms with Crippen LogP contribution in [-0.4, -0.2) is 61.3 Å². The lowest BCUT2D eigenvalue weighted by molar-refractivity contribution is 0.259. The summed E-state index contributed by atoms with van der Waals surface area (Å²) in [5.41, 5.74) is 0. The molecular formula is C16H26N4O2S. The fourth-order valence-electron chi connectivity index (χ4n) is 3.50. The van der Waals surface area contributed by atoms with Crippen molar-refractivity contribution in [3.8, 4) is 0 Å². The number of hydrogen-bond acceptors (Lipinski definition) is 4. The minimum absolute atomic E-state index is 0.169. The summed E-state index contributed by atoms with van der Waals surface area (Å²) in [5, 5.41) is 0. The van der Waals surface area contributed by atoms with Crippen molar-refractivity contribution in [1.82, 2.24) is 13.6 Å². The van der Waals surface area contributed by atoms with E-state index in [-0.39, 0.29) is 6.04 Å². The molecule has 0 spiro atoms. The van der Waals surface area contributed by atoms with Gasteiger partial charge < -0.3 is 4.90 Å². The number of anilines is 1. The second-order valence-corrected chi connectivity index (χ2v) is 8.38. The lowest BCUT2D eigenvalue weighted by Crippen LogP contribution is -2.54. The van der Waals surface area contributed by atoms with E-state index in [4.69, 9.17) is 0 Å². The van der Waals surface area contributed by atoms with E-state index in [1.54, 1.807) is 21.9 Å². The standard InChI is InChI=1S/C16H26N4O2S/c1-18(15-7-3-2-4-8-15)23(21,22)20-13-11-19(12-14-20)16-9-5-6-10-17-16/h5-6,9-10,15H,2-4,7-8,11-14H2,1H3. The van der Waals surface area contributed by atoms with E-state index in [0.717, 1.165) is 31.5 Å². The van der Waals surface area contributed by atoms with Gasteiger partial charge >= 0.3 is 0 Å². The summed E-state index contributed by atoms with van der Waals surface area (Å²) in [6.45, 7) is 2.43. The van der Waals surface area contributed by atoms with Gasteiger partial charge in [-0.25, -0.2) is 4.98 Å². The summed E-state index contributed by atoms with van der Waals surface area (Å²) in [4.78, 5) is 6.49. The highest BCUT2D eigenvalue weighted by Crippen LogP contribution is 2.25. The maximum Gasteiger partial charge on any atom is 0.282 e. The number of nitrogens with zero attached hydrogens (tertiary/aromatic N) is 4. The van der Waals surface area contributed by atoms with Gasteiger partial charge in [-0.15, -0.1) is 0 Å². The number of rotatable bonds is 4. The zero-order chi connectivity index (χ0) is 16.3. The lowest BCUT2D eigenvalue weighted by atomic mass is 9.96. The normalized spacial score (nSPS) is 21.7. The molecule has 1 aromatic heterocycles. The molecule has 0 aromatic carbocycles. The topological polar surface area (TPSA) is 56.8 Å². The first kappa shape index (κ1) is 16.7. The van der Waals surface area contributed by atoms with Crippen LogP contribution in [0.5, 0.6) is 0 Å². The Hall–Kier alpha value is -1.18. The molecule has 1 saturated heterocycles. The van der Waals surface area contributed by atoms with E-state index in [1.165, 1.54) is 6.42 Å². The van der Waals surface area contributed by atoms with Gasteiger partial charge in [0.2, 0.25) is 0 Å². The predicted molar refractivity (Wildman–Crippen MR) is 91.6 cm³/mol. The third-order valence-electron chi connectivity index (χ3n) is 4.99. The predicted octanol–water partition coefficient (Wildman–Crippen LogP) is 1.71. The fourth-order valence-corrected chi connectivity index (χ4v) is 5.08. The molecule has 1 saturated carbocycles. The maximum absolute atomic E-state index is 12.8. The molecule has 2 aliphatic rings. The van der Waals surface area contributed by atoms with Crippen LogP contribution in [0.25, 0.3) is 0 Å². The molecule has 0 N–H and O–H groups in total. The van der Waals surface area contributed by atoms with Crippen LogP contribution < -0.4 is 4.90 Å². The van der Waals surface area contributed by atoms with Crippen LogP contribution in [0.15, 0.2) is 24.4 Å². The Balaban J connectivity index is 1.61. The Bertz CT molecular complexity index is 594. The van der Waals surface area contributed by atoms with Gasteiger partial charge in [0.05, 0.1) is 0 Å². The molecular weight excluding hydrogens is 312 g/mol. The van der Waals surface area contributed by atoms with Crippen molar-refractivity contribution in [2.75, 3.05) is 38.1 Å². The summed E-state index contributed by atoms with van der Waals surface area (Å²) < 4.78 is 28.9. The second kappa shape index (κ2) is 7.15. The van der Waals surface area contributed by atoms with Crippen LogP contribution >= 0.6 is 0 Å². The summed E-state index contributed by atoms with van der Waals surface area (Å²) >= 11 is 0. The Morgan fingerprint density at radius 2 is 1.78 bits per heavy atom. The number of hydrogen-bond donors (Lipinski definition) is 0. The van der Waals surface area contributed by atoms with Crippen molar-refractivity contribution in [1.29, 1.82) is 0 Å². The summed E-state index contributed by atoms with van der Waals surface area (Å²) in [6, 6.07) is 5.99. The lowest BCUT2D eigenvalue weighted by Gasteiger charge is -2.39. The van der Waals surface area contributed by atoms with E-state index < -0.39 is 10.2 Å². The van der Waals surface area contributed by atoms with Gasteiger partial charge in [0, 0.05) is 45.5 Å². The summed E-state index contributed by atoms with van der Waals surface area (Å²) in [6.07, 6.45) is 7.26. The fraction of sp³-hybridized carbons (Fsp3) is 0.688. The molecule has 0 bridgehead atoms. The molecule has 1 aromatic rings. The monoisotopic (exact) mass is 338 g/mol. The molecule has 6 nitrogen and oxygen atoms in total. The van der Waals surface area contributed by atoms with Crippen LogP contribution in [-0.2, 0) is 10.2 Å². The molecule has 3 rings (SSSR count). The highest BCUT2D eigenvalue weighted by Gasteiger charge is 2.34. The quantitative estimate of drug-likeness (QED) is 0.839. The van der Waals surface area contributed by atoms with Gasteiger partial charge in [-0.3, -0.25) is 0 Å². The van der Waals surface area contributed by atoms with Crippen LogP contribution in [0.3, 0.4) is 0 Å². The molecule has 0 unspecified atom stereocenters. The van der Waals surface area contributed by atoms with Crippen molar-refractivity contribution in [2.24, 2.45) is 0 Å². The highest BCUT2D eigenvalue weighted by molar-refractivity contribution is 7.86. The molecule has 2 fully saturated rings. The maximum atomic E-state index is 12.8. The molecule has 128 valence electrons. The van der Waals surface area contributed by atoms with Gasteiger partial charge in [-0.2, -0.15) is 17.0 Å². The van der Waals surface area contributed by atoms with E-state index in [0.29, 0.717) is 26.2 Å². The van der Waals surface area contributed by atoms with Crippen LogP contribution in [0, 0.1) is 0 Å². The molecule has 23 heavy (non-hydrogen) atoms. The minimum Gasteiger partial charge on any atom is -0.354 e. The van der Waals surface area contributed by atoms with E-state index in [2.05, 4.69) is 9.88 Å². The van der Waals surface area contributed by atoms with E-state index in [1.807, 2.05) is 18.2 Å². The first-order valence-corrected chi connectivity index (χ1v) is 9.88. The number of pyridine rings is 1. The average Bonchev–Trinajstić information content (AvgIpc) is 2.62. The molecule has 7 heteroatoms. The zero-order valence-corrected chi connectivity index (χ0v) is 14.6. The van der Waals surface area contributed by atoms with Gasteiger partial charge in [0.25, 0.3) is 10.2 Å². The van der Waals surface area contributed by atoms with Gasteiger partial charge in [-0.05, 0) is 25.0 Å². The van der Waals surface area contributed by atoms with Crippen molar-refractivity contribution >= 4 is 16.0 Å². The van der Waals surface area contributed by atoms with Crippen LogP contribution in [0.2, 0.25) is 0 Å². The SMILES string of the molecule is CN(C1CCCCC1)S(=O)(=O)N1CCN(c2ccccn2)CC1. The molecule has 0 amide bonds. The van der Waals surface area contributed by atoms with Gasteiger partial charge in [-0.1, -0.05) is 25.3 Å². The van der Waals surface area contributed by atoms with Crippen molar-refractivity contribution < 1.29 is 8.42 Å². The van der Waals surface area contributed by atoms with Crippen LogP contribution in [0.4, 0.5) is 5.82 Å². The Morgan fingerprint density at radius 1 is 1.09 bits per heavy atom. The van der Waals surface area contributed by atoms with Crippen molar-refractivity contribution in [3.63, 3.8) is 0 Å². The number of piperazine rings is 1. The van der Waals surface area contributed by atoms with Crippen molar-refractivity contribution in [2.45, 2.75) is 38.1 Å². The summed E-state index contributed by atoms with van der Waals surface area (Å²) in [7, 11) is -1.60. The molecule has 1 aliphatic heterocycles.